The normalized spacial score (nSPS) is 15.4. The van der Waals surface area contributed by atoms with Crippen LogP contribution in [0.15, 0.2) is 24.3 Å². The first-order chi connectivity index (χ1) is 9.69. The fraction of sp³-hybridized carbons (Fsp3) is 0.312. The SMILES string of the molecule is Cc1cccc2cc(C#N)c(N3CCC(=O)CC3)nc12. The number of rotatable bonds is 1. The van der Waals surface area contributed by atoms with E-state index in [0.29, 0.717) is 37.3 Å². The number of pyridine rings is 1. The van der Waals surface area contributed by atoms with E-state index in [0.717, 1.165) is 16.5 Å². The number of benzene rings is 1. The standard InChI is InChI=1S/C16H15N3O/c1-11-3-2-4-12-9-13(10-17)16(18-15(11)12)19-7-5-14(20)6-8-19/h2-4,9H,5-8H2,1H3. The number of aryl methyl sites for hydroxylation is 1. The van der Waals surface area contributed by atoms with Gasteiger partial charge < -0.3 is 4.90 Å². The van der Waals surface area contributed by atoms with Gasteiger partial charge in [0.1, 0.15) is 17.7 Å². The highest BCUT2D eigenvalue weighted by Gasteiger charge is 2.20. The third kappa shape index (κ3) is 2.12. The Hall–Kier alpha value is -2.41. The molecule has 4 nitrogen and oxygen atoms in total. The predicted octanol–water partition coefficient (Wildman–Crippen LogP) is 2.58. The predicted molar refractivity (Wildman–Crippen MR) is 77.6 cm³/mol. The highest BCUT2D eigenvalue weighted by Crippen LogP contribution is 2.26. The summed E-state index contributed by atoms with van der Waals surface area (Å²) in [4.78, 5) is 18.1. The van der Waals surface area contributed by atoms with E-state index in [1.807, 2.05) is 36.1 Å². The summed E-state index contributed by atoms with van der Waals surface area (Å²) in [5.41, 5.74) is 2.61. The van der Waals surface area contributed by atoms with Gasteiger partial charge in [0, 0.05) is 31.3 Å². The quantitative estimate of drug-likeness (QED) is 0.795. The van der Waals surface area contributed by atoms with Gasteiger partial charge in [0.15, 0.2) is 0 Å². The Balaban J connectivity index is 2.12. The summed E-state index contributed by atoms with van der Waals surface area (Å²) >= 11 is 0. The zero-order chi connectivity index (χ0) is 14.1. The van der Waals surface area contributed by atoms with Crippen molar-refractivity contribution in [3.05, 3.63) is 35.4 Å². The molecule has 4 heteroatoms. The van der Waals surface area contributed by atoms with Gasteiger partial charge in [0.25, 0.3) is 0 Å². The Labute approximate surface area is 117 Å². The van der Waals surface area contributed by atoms with Crippen LogP contribution >= 0.6 is 0 Å². The molecule has 0 amide bonds. The molecule has 1 fully saturated rings. The minimum Gasteiger partial charge on any atom is -0.355 e. The highest BCUT2D eigenvalue weighted by atomic mass is 16.1. The van der Waals surface area contributed by atoms with E-state index in [9.17, 15) is 10.1 Å². The van der Waals surface area contributed by atoms with Crippen LogP contribution in [-0.4, -0.2) is 23.9 Å². The molecule has 0 N–H and O–H groups in total. The number of hydrogen-bond donors (Lipinski definition) is 0. The Kier molecular flexibility index (Phi) is 3.11. The van der Waals surface area contributed by atoms with Crippen LogP contribution in [0.5, 0.6) is 0 Å². The lowest BCUT2D eigenvalue weighted by molar-refractivity contribution is -0.119. The molecule has 0 radical (unpaired) electrons. The lowest BCUT2D eigenvalue weighted by Gasteiger charge is -2.28. The maximum absolute atomic E-state index is 11.3. The fourth-order valence-corrected chi connectivity index (χ4v) is 2.63. The summed E-state index contributed by atoms with van der Waals surface area (Å²) in [6.45, 7) is 3.32. The van der Waals surface area contributed by atoms with Crippen LogP contribution in [0.25, 0.3) is 10.9 Å². The number of piperidine rings is 1. The molecule has 0 spiro atoms. The van der Waals surface area contributed by atoms with Crippen molar-refractivity contribution in [2.75, 3.05) is 18.0 Å². The Bertz CT molecular complexity index is 720. The average molecular weight is 265 g/mol. The Morgan fingerprint density at radius 2 is 2.05 bits per heavy atom. The van der Waals surface area contributed by atoms with Crippen LogP contribution in [0.3, 0.4) is 0 Å². The second-order valence-electron chi connectivity index (χ2n) is 5.14. The highest BCUT2D eigenvalue weighted by molar-refractivity contribution is 5.86. The first kappa shape index (κ1) is 12.6. The summed E-state index contributed by atoms with van der Waals surface area (Å²) < 4.78 is 0. The monoisotopic (exact) mass is 265 g/mol. The Morgan fingerprint density at radius 3 is 2.75 bits per heavy atom. The van der Waals surface area contributed by atoms with E-state index in [-0.39, 0.29) is 5.78 Å². The first-order valence-corrected chi connectivity index (χ1v) is 6.76. The molecule has 20 heavy (non-hydrogen) atoms. The molecule has 0 atom stereocenters. The van der Waals surface area contributed by atoms with Gasteiger partial charge in [-0.1, -0.05) is 18.2 Å². The van der Waals surface area contributed by atoms with Crippen molar-refractivity contribution in [3.8, 4) is 6.07 Å². The molecule has 2 aromatic rings. The number of ketones is 1. The minimum atomic E-state index is 0.289. The molecule has 2 heterocycles. The molecule has 1 aromatic heterocycles. The van der Waals surface area contributed by atoms with E-state index in [4.69, 9.17) is 0 Å². The smallest absolute Gasteiger partial charge is 0.147 e. The van der Waals surface area contributed by atoms with Crippen LogP contribution in [0.2, 0.25) is 0 Å². The van der Waals surface area contributed by atoms with Crippen molar-refractivity contribution in [3.63, 3.8) is 0 Å². The van der Waals surface area contributed by atoms with Gasteiger partial charge in [-0.25, -0.2) is 4.98 Å². The number of nitrogens with zero attached hydrogens (tertiary/aromatic N) is 3. The summed E-state index contributed by atoms with van der Waals surface area (Å²) in [7, 11) is 0. The Morgan fingerprint density at radius 1 is 1.30 bits per heavy atom. The van der Waals surface area contributed by atoms with Gasteiger partial charge >= 0.3 is 0 Å². The summed E-state index contributed by atoms with van der Waals surface area (Å²) in [5.74, 6) is 0.999. The number of para-hydroxylation sites is 1. The number of aromatic nitrogens is 1. The molecule has 1 aliphatic rings. The topological polar surface area (TPSA) is 57.0 Å². The average Bonchev–Trinajstić information content (AvgIpc) is 2.47. The first-order valence-electron chi connectivity index (χ1n) is 6.76. The summed E-state index contributed by atoms with van der Waals surface area (Å²) in [6.07, 6.45) is 1.08. The largest absolute Gasteiger partial charge is 0.355 e. The van der Waals surface area contributed by atoms with Gasteiger partial charge in [0.2, 0.25) is 0 Å². The number of nitriles is 1. The van der Waals surface area contributed by atoms with E-state index in [1.54, 1.807) is 0 Å². The molecule has 0 saturated carbocycles. The van der Waals surface area contributed by atoms with Crippen molar-refractivity contribution >= 4 is 22.5 Å². The van der Waals surface area contributed by atoms with Gasteiger partial charge in [-0.15, -0.1) is 0 Å². The third-order valence-electron chi connectivity index (χ3n) is 3.77. The fourth-order valence-electron chi connectivity index (χ4n) is 2.63. The van der Waals surface area contributed by atoms with E-state index < -0.39 is 0 Å². The molecular formula is C16H15N3O. The van der Waals surface area contributed by atoms with Crippen molar-refractivity contribution in [1.82, 2.24) is 4.98 Å². The molecule has 100 valence electrons. The molecule has 1 saturated heterocycles. The number of hydrogen-bond acceptors (Lipinski definition) is 4. The van der Waals surface area contributed by atoms with Crippen LogP contribution in [0.1, 0.15) is 24.0 Å². The van der Waals surface area contributed by atoms with Gasteiger partial charge in [-0.05, 0) is 18.6 Å². The zero-order valence-corrected chi connectivity index (χ0v) is 11.4. The zero-order valence-electron chi connectivity index (χ0n) is 11.4. The second kappa shape index (κ2) is 4.93. The number of Topliss-reactive ketones (excluding diaryl/α,β-unsaturated/α-hetero) is 1. The van der Waals surface area contributed by atoms with Crippen molar-refractivity contribution in [2.24, 2.45) is 0 Å². The molecule has 3 rings (SSSR count). The minimum absolute atomic E-state index is 0.289. The van der Waals surface area contributed by atoms with Crippen LogP contribution in [-0.2, 0) is 4.79 Å². The van der Waals surface area contributed by atoms with Crippen molar-refractivity contribution in [2.45, 2.75) is 19.8 Å². The molecule has 0 bridgehead atoms. The molecule has 0 unspecified atom stereocenters. The van der Waals surface area contributed by atoms with Crippen LogP contribution in [0, 0.1) is 18.3 Å². The summed E-state index contributed by atoms with van der Waals surface area (Å²) in [6, 6.07) is 10.1. The van der Waals surface area contributed by atoms with Gasteiger partial charge in [-0.2, -0.15) is 5.26 Å². The molecule has 1 aliphatic heterocycles. The lowest BCUT2D eigenvalue weighted by atomic mass is 10.1. The molecule has 0 aliphatic carbocycles. The van der Waals surface area contributed by atoms with E-state index in [2.05, 4.69) is 11.1 Å². The molecular weight excluding hydrogens is 250 g/mol. The lowest BCUT2D eigenvalue weighted by Crippen LogP contribution is -2.34. The van der Waals surface area contributed by atoms with Crippen LogP contribution < -0.4 is 4.90 Å². The van der Waals surface area contributed by atoms with E-state index in [1.165, 1.54) is 0 Å². The van der Waals surface area contributed by atoms with Gasteiger partial charge in [0.05, 0.1) is 11.1 Å². The molecule has 1 aromatic carbocycles. The number of carbonyl (C=O) groups excluding carboxylic acids is 1. The van der Waals surface area contributed by atoms with Crippen molar-refractivity contribution < 1.29 is 4.79 Å². The van der Waals surface area contributed by atoms with Crippen molar-refractivity contribution in [1.29, 1.82) is 5.26 Å². The van der Waals surface area contributed by atoms with Gasteiger partial charge in [-0.3, -0.25) is 4.79 Å². The number of fused-ring (bicyclic) bond motifs is 1. The maximum atomic E-state index is 11.3. The summed E-state index contributed by atoms with van der Waals surface area (Å²) in [5, 5.41) is 10.3. The maximum Gasteiger partial charge on any atom is 0.147 e. The van der Waals surface area contributed by atoms with E-state index >= 15 is 0 Å². The number of anilines is 1. The number of carbonyl (C=O) groups is 1. The second-order valence-corrected chi connectivity index (χ2v) is 5.14. The third-order valence-corrected chi connectivity index (χ3v) is 3.77. The van der Waals surface area contributed by atoms with Crippen LogP contribution in [0.4, 0.5) is 5.82 Å².